The molecule has 1 saturated heterocycles. The van der Waals surface area contributed by atoms with Crippen molar-refractivity contribution in [1.29, 1.82) is 0 Å². The Balaban J connectivity index is 1.67. The number of ether oxygens (including phenoxy) is 1. The summed E-state index contributed by atoms with van der Waals surface area (Å²) < 4.78 is 6.14. The molecule has 0 aliphatic carbocycles. The molecular weight excluding hydrogens is 651 g/mol. The van der Waals surface area contributed by atoms with Crippen LogP contribution in [-0.4, -0.2) is 98.8 Å². The molecule has 5 rings (SSSR count). The first-order chi connectivity index (χ1) is 22.7. The smallest absolute Gasteiger partial charge is 0.326 e. The first-order valence-electron chi connectivity index (χ1n) is 16.5. The third-order valence-electron chi connectivity index (χ3n) is 9.52. The minimum atomic E-state index is -1.05. The largest absolute Gasteiger partial charge is 0.477 e. The Kier molecular flexibility index (Phi) is 10.7. The molecule has 2 N–H and O–H groups in total. The first-order valence-corrected chi connectivity index (χ1v) is 17.2. The number of aromatic nitrogens is 2. The number of rotatable bonds is 9. The molecule has 2 unspecified atom stereocenters. The van der Waals surface area contributed by atoms with Crippen molar-refractivity contribution in [2.45, 2.75) is 70.6 Å². The Bertz CT molecular complexity index is 1620. The highest BCUT2D eigenvalue weighted by atomic mass is 35.5. The van der Waals surface area contributed by atoms with Crippen molar-refractivity contribution in [3.8, 4) is 5.88 Å². The third-order valence-corrected chi connectivity index (χ3v) is 10.0. The van der Waals surface area contributed by atoms with Gasteiger partial charge in [-0.3, -0.25) is 14.8 Å². The number of amidine groups is 1. The molecule has 2 aliphatic rings. The second kappa shape index (κ2) is 14.3. The monoisotopic (exact) mass is 696 g/mol. The van der Waals surface area contributed by atoms with Crippen molar-refractivity contribution >= 4 is 35.1 Å². The molecule has 48 heavy (non-hydrogen) atoms. The van der Waals surface area contributed by atoms with Crippen LogP contribution >= 0.6 is 23.2 Å². The highest BCUT2D eigenvalue weighted by Gasteiger charge is 2.60. The van der Waals surface area contributed by atoms with Crippen LogP contribution in [0.5, 0.6) is 5.88 Å². The number of aliphatic imine (C=N–C) groups is 1. The summed E-state index contributed by atoms with van der Waals surface area (Å²) in [6.45, 7) is 15.0. The molecular formula is C36H46Cl2N6O4. The fourth-order valence-electron chi connectivity index (χ4n) is 6.42. The van der Waals surface area contributed by atoms with Crippen molar-refractivity contribution in [3.63, 3.8) is 0 Å². The van der Waals surface area contributed by atoms with E-state index in [0.29, 0.717) is 78.9 Å². The number of urea groups is 1. The van der Waals surface area contributed by atoms with Crippen molar-refractivity contribution in [2.24, 2.45) is 4.99 Å². The van der Waals surface area contributed by atoms with E-state index in [1.54, 1.807) is 11.1 Å². The van der Waals surface area contributed by atoms with Crippen LogP contribution in [0.15, 0.2) is 59.7 Å². The predicted octanol–water partition coefficient (Wildman–Crippen LogP) is 5.85. The fourth-order valence-corrected chi connectivity index (χ4v) is 6.67. The average Bonchev–Trinajstić information content (AvgIpc) is 3.31. The highest BCUT2D eigenvalue weighted by Crippen LogP contribution is 2.54. The van der Waals surface area contributed by atoms with Crippen LogP contribution in [0.3, 0.4) is 0 Å². The van der Waals surface area contributed by atoms with E-state index in [-0.39, 0.29) is 18.1 Å². The van der Waals surface area contributed by atoms with E-state index in [2.05, 4.69) is 4.90 Å². The number of hydrogen-bond donors (Lipinski definition) is 2. The van der Waals surface area contributed by atoms with Gasteiger partial charge in [-0.15, -0.1) is 0 Å². The Hall–Kier alpha value is -3.28. The zero-order valence-corrected chi connectivity index (χ0v) is 30.1. The van der Waals surface area contributed by atoms with Crippen LogP contribution in [0.25, 0.3) is 0 Å². The van der Waals surface area contributed by atoms with Crippen molar-refractivity contribution in [3.05, 3.63) is 87.3 Å². The van der Waals surface area contributed by atoms with E-state index in [1.807, 2.05) is 95.0 Å². The van der Waals surface area contributed by atoms with Crippen LogP contribution in [0.2, 0.25) is 10.0 Å². The number of piperazine rings is 1. The average molecular weight is 698 g/mol. The fraction of sp³-hybridized carbons (Fsp3) is 0.500. The lowest BCUT2D eigenvalue weighted by molar-refractivity contribution is 0.0624. The summed E-state index contributed by atoms with van der Waals surface area (Å²) in [5, 5.41) is 20.3. The first kappa shape index (κ1) is 36.0. The standard InChI is InChI=1S/C36H46Cl2N6O4/c1-7-48-31-29(22-39-32(40-31)34(2,3)4)30-41-35(5,24-8-12-26(37)13-9-24)36(6,25-10-14-27(38)15-11-25)44(30)33(47)43-20-18-42(19-21-43)17-16-28(46)23-45/h8-15,22,28,45-46H,7,16-21,23H2,1-6H3/t28-,35?,36?/m1/s1. The molecule has 3 atom stereocenters. The number of amides is 2. The third kappa shape index (κ3) is 6.91. The molecule has 258 valence electrons. The topological polar surface area (TPSA) is 115 Å². The number of nitrogens with zero attached hydrogens (tertiary/aromatic N) is 6. The number of benzene rings is 2. The van der Waals surface area contributed by atoms with E-state index >= 15 is 4.79 Å². The molecule has 0 saturated carbocycles. The lowest BCUT2D eigenvalue weighted by Gasteiger charge is -2.47. The lowest BCUT2D eigenvalue weighted by atomic mass is 9.71. The van der Waals surface area contributed by atoms with Crippen LogP contribution in [0.1, 0.15) is 70.5 Å². The number of carbonyl (C=O) groups excluding carboxylic acids is 1. The quantitative estimate of drug-likeness (QED) is 0.288. The zero-order valence-electron chi connectivity index (χ0n) is 28.6. The molecule has 0 radical (unpaired) electrons. The number of carbonyl (C=O) groups is 1. The number of aliphatic hydroxyl groups excluding tert-OH is 2. The number of aliphatic hydroxyl groups is 2. The van der Waals surface area contributed by atoms with Crippen molar-refractivity contribution in [1.82, 2.24) is 24.7 Å². The molecule has 1 fully saturated rings. The van der Waals surface area contributed by atoms with Gasteiger partial charge in [-0.05, 0) is 62.6 Å². The maximum absolute atomic E-state index is 15.1. The Morgan fingerprint density at radius 1 is 0.979 bits per heavy atom. The van der Waals surface area contributed by atoms with Gasteiger partial charge in [-0.1, -0.05) is 68.2 Å². The maximum atomic E-state index is 15.1. The summed E-state index contributed by atoms with van der Waals surface area (Å²) in [5.74, 6) is 1.39. The van der Waals surface area contributed by atoms with Gasteiger partial charge in [0.05, 0.1) is 24.9 Å². The molecule has 12 heteroatoms. The second-order valence-corrected chi connectivity index (χ2v) is 14.6. The Morgan fingerprint density at radius 3 is 2.10 bits per heavy atom. The van der Waals surface area contributed by atoms with Gasteiger partial charge in [0.1, 0.15) is 22.7 Å². The Morgan fingerprint density at radius 2 is 1.56 bits per heavy atom. The molecule has 2 aromatic carbocycles. The zero-order chi connectivity index (χ0) is 34.9. The number of halogens is 2. The highest BCUT2D eigenvalue weighted by molar-refractivity contribution is 6.30. The van der Waals surface area contributed by atoms with Gasteiger partial charge < -0.3 is 19.8 Å². The molecule has 2 amide bonds. The normalized spacial score (nSPS) is 22.5. The molecule has 0 bridgehead atoms. The molecule has 3 aromatic rings. The van der Waals surface area contributed by atoms with Crippen LogP contribution in [-0.2, 0) is 16.5 Å². The van der Waals surface area contributed by atoms with E-state index in [1.165, 1.54) is 0 Å². The van der Waals surface area contributed by atoms with Gasteiger partial charge >= 0.3 is 6.03 Å². The molecule has 2 aliphatic heterocycles. The summed E-state index contributed by atoms with van der Waals surface area (Å²) in [5.41, 5.74) is -0.141. The molecule has 0 spiro atoms. The van der Waals surface area contributed by atoms with E-state index in [9.17, 15) is 10.2 Å². The SMILES string of the molecule is CCOc1nc(C(C)(C)C)ncc1C1=NC(C)(c2ccc(Cl)cc2)C(C)(c2ccc(Cl)cc2)N1C(=O)N1CCN(CC[C@@H](O)CO)CC1. The molecule has 1 aromatic heterocycles. The van der Waals surface area contributed by atoms with Crippen molar-refractivity contribution < 1.29 is 19.7 Å². The molecule has 3 heterocycles. The maximum Gasteiger partial charge on any atom is 0.326 e. The van der Waals surface area contributed by atoms with Gasteiger partial charge in [0.15, 0.2) is 0 Å². The summed E-state index contributed by atoms with van der Waals surface area (Å²) in [6, 6.07) is 14.9. The minimum absolute atomic E-state index is 0.207. The van der Waals surface area contributed by atoms with Crippen molar-refractivity contribution in [2.75, 3.05) is 45.9 Å². The predicted molar refractivity (Wildman–Crippen MR) is 189 cm³/mol. The lowest BCUT2D eigenvalue weighted by Crippen LogP contribution is -2.60. The van der Waals surface area contributed by atoms with Crippen LogP contribution in [0.4, 0.5) is 4.79 Å². The van der Waals surface area contributed by atoms with E-state index in [4.69, 9.17) is 42.9 Å². The summed E-state index contributed by atoms with van der Waals surface area (Å²) in [6.07, 6.45) is 1.43. The number of hydrogen-bond acceptors (Lipinski definition) is 8. The van der Waals surface area contributed by atoms with E-state index in [0.717, 1.165) is 11.1 Å². The van der Waals surface area contributed by atoms with Gasteiger partial charge in [0.2, 0.25) is 5.88 Å². The minimum Gasteiger partial charge on any atom is -0.477 e. The second-order valence-electron chi connectivity index (χ2n) is 13.8. The van der Waals surface area contributed by atoms with E-state index < -0.39 is 17.2 Å². The Labute approximate surface area is 293 Å². The van der Waals surface area contributed by atoms with Gasteiger partial charge in [-0.25, -0.2) is 9.78 Å². The molecule has 10 nitrogen and oxygen atoms in total. The summed E-state index contributed by atoms with van der Waals surface area (Å²) >= 11 is 12.7. The van der Waals surface area contributed by atoms with Gasteiger partial charge in [0.25, 0.3) is 0 Å². The van der Waals surface area contributed by atoms with Crippen LogP contribution in [0, 0.1) is 0 Å². The summed E-state index contributed by atoms with van der Waals surface area (Å²) in [7, 11) is 0. The van der Waals surface area contributed by atoms with Crippen LogP contribution < -0.4 is 4.74 Å². The van der Waals surface area contributed by atoms with Gasteiger partial charge in [-0.2, -0.15) is 4.98 Å². The summed E-state index contributed by atoms with van der Waals surface area (Å²) in [4.78, 5) is 36.0. The van der Waals surface area contributed by atoms with Gasteiger partial charge in [0, 0.05) is 54.4 Å².